The Kier molecular flexibility index (Phi) is 13.2. The highest BCUT2D eigenvalue weighted by molar-refractivity contribution is 5.91. The summed E-state index contributed by atoms with van der Waals surface area (Å²) in [6.07, 6.45) is -11.2. The zero-order valence-electron chi connectivity index (χ0n) is 29.8. The number of ether oxygens (including phenoxy) is 8. The average molecular weight is 753 g/mol. The Morgan fingerprint density at radius 3 is 1.44 bits per heavy atom. The fourth-order valence-electron chi connectivity index (χ4n) is 6.07. The molecule has 286 valence electrons. The fourth-order valence-corrected chi connectivity index (χ4v) is 6.07. The van der Waals surface area contributed by atoms with Crippen LogP contribution in [0.25, 0.3) is 0 Å². The normalized spacial score (nSPS) is 26.2. The molecule has 6 rings (SSSR count). The van der Waals surface area contributed by atoms with Gasteiger partial charge >= 0.3 is 23.9 Å². The molecule has 9 atom stereocenters. The van der Waals surface area contributed by atoms with Gasteiger partial charge in [0.15, 0.2) is 43.1 Å². The second-order valence-electron chi connectivity index (χ2n) is 12.6. The zero-order chi connectivity index (χ0) is 38.7. The van der Waals surface area contributed by atoms with Gasteiger partial charge in [-0.05, 0) is 55.5 Å². The first-order chi connectivity index (χ1) is 26.7. The maximum Gasteiger partial charge on any atom is 0.338 e. The minimum absolute atomic E-state index is 0.0247. The predicted molar refractivity (Wildman–Crippen MR) is 194 cm³/mol. The molecule has 2 heterocycles. The van der Waals surface area contributed by atoms with Crippen LogP contribution in [0.3, 0.4) is 0 Å². The molecule has 55 heavy (non-hydrogen) atoms. The summed E-state index contributed by atoms with van der Waals surface area (Å²) in [5, 5.41) is 11.2. The average Bonchev–Trinajstić information content (AvgIpc) is 3.22. The Morgan fingerprint density at radius 1 is 0.600 bits per heavy atom. The van der Waals surface area contributed by atoms with Crippen molar-refractivity contribution in [2.75, 3.05) is 13.2 Å². The Balaban J connectivity index is 1.39. The quantitative estimate of drug-likeness (QED) is 0.111. The number of benzene rings is 4. The maximum absolute atomic E-state index is 13.8. The minimum atomic E-state index is -1.63. The lowest BCUT2D eigenvalue weighted by Gasteiger charge is -2.46. The van der Waals surface area contributed by atoms with Crippen LogP contribution >= 0.6 is 0 Å². The van der Waals surface area contributed by atoms with Crippen molar-refractivity contribution in [3.8, 4) is 0 Å². The SMILES string of the molecule is C=CCO[C@@H]1OC[C@H](O)[C@H](OC(=O)c2ccccc2)[C@H]1O[C@@H]1O[C@@H](C)[C@H](OC(=O)c2ccccc2)[C@@H](OC(=O)c2ccccc2)[C@H]1OC(=O)c1ccccc1. The van der Waals surface area contributed by atoms with Crippen LogP contribution in [0, 0.1) is 0 Å². The number of esters is 4. The van der Waals surface area contributed by atoms with Gasteiger partial charge in [0.1, 0.15) is 6.10 Å². The maximum atomic E-state index is 13.8. The molecule has 0 bridgehead atoms. The van der Waals surface area contributed by atoms with E-state index in [2.05, 4.69) is 6.58 Å². The third kappa shape index (κ3) is 9.70. The molecule has 0 unspecified atom stereocenters. The Bertz CT molecular complexity index is 1890. The Hall–Kier alpha value is -5.70. The number of aliphatic hydroxyl groups is 1. The van der Waals surface area contributed by atoms with E-state index < -0.39 is 79.2 Å². The van der Waals surface area contributed by atoms with E-state index in [1.807, 2.05) is 0 Å². The summed E-state index contributed by atoms with van der Waals surface area (Å²) in [7, 11) is 0. The van der Waals surface area contributed by atoms with Crippen LogP contribution in [0.2, 0.25) is 0 Å². The lowest BCUT2D eigenvalue weighted by atomic mass is 9.97. The van der Waals surface area contributed by atoms with E-state index in [-0.39, 0.29) is 35.5 Å². The molecular formula is C42H40O13. The molecule has 0 saturated carbocycles. The molecular weight excluding hydrogens is 712 g/mol. The standard InChI is InChI=1S/C42H40O13/c1-3-24-48-41-35(33(31(43)25-49-41)52-38(45)28-18-10-5-11-19-28)55-42-36(54-40(47)30-22-14-7-15-23-30)34(53-39(46)29-20-12-6-13-21-29)32(26(2)50-42)51-37(44)27-16-8-4-9-17-27/h3-23,26,31-36,41-43H,1,24-25H2,2H3/t26-,31-,32-,33-,34+,35+,36+,41+,42-/m0/s1. The first-order valence-corrected chi connectivity index (χ1v) is 17.6. The van der Waals surface area contributed by atoms with Crippen LogP contribution in [0.1, 0.15) is 48.4 Å². The highest BCUT2D eigenvalue weighted by atomic mass is 16.8. The molecule has 13 heteroatoms. The largest absolute Gasteiger partial charge is 0.453 e. The van der Waals surface area contributed by atoms with Gasteiger partial charge in [0.05, 0.1) is 41.6 Å². The van der Waals surface area contributed by atoms with Crippen molar-refractivity contribution in [1.29, 1.82) is 0 Å². The van der Waals surface area contributed by atoms with Gasteiger partial charge in [0.25, 0.3) is 0 Å². The number of rotatable bonds is 13. The highest BCUT2D eigenvalue weighted by Crippen LogP contribution is 2.34. The number of hydrogen-bond donors (Lipinski definition) is 1. The zero-order valence-corrected chi connectivity index (χ0v) is 29.8. The molecule has 0 aromatic heterocycles. The van der Waals surface area contributed by atoms with Crippen LogP contribution in [0.15, 0.2) is 134 Å². The fraction of sp³-hybridized carbons (Fsp3) is 0.286. The first kappa shape index (κ1) is 39.0. The van der Waals surface area contributed by atoms with Gasteiger partial charge in [0, 0.05) is 0 Å². The molecule has 2 aliphatic rings. The number of hydrogen-bond acceptors (Lipinski definition) is 13. The van der Waals surface area contributed by atoms with Gasteiger partial charge in [-0.15, -0.1) is 6.58 Å². The third-order valence-corrected chi connectivity index (χ3v) is 8.81. The highest BCUT2D eigenvalue weighted by Gasteiger charge is 2.55. The van der Waals surface area contributed by atoms with Crippen molar-refractivity contribution in [1.82, 2.24) is 0 Å². The van der Waals surface area contributed by atoms with Gasteiger partial charge in [-0.25, -0.2) is 19.2 Å². The monoisotopic (exact) mass is 752 g/mol. The summed E-state index contributed by atoms with van der Waals surface area (Å²) >= 11 is 0. The Morgan fingerprint density at radius 2 is 1.00 bits per heavy atom. The van der Waals surface area contributed by atoms with Crippen molar-refractivity contribution in [3.63, 3.8) is 0 Å². The summed E-state index contributed by atoms with van der Waals surface area (Å²) in [4.78, 5) is 54.3. The molecule has 2 saturated heterocycles. The number of aliphatic hydroxyl groups excluding tert-OH is 1. The predicted octanol–water partition coefficient (Wildman–Crippen LogP) is 4.94. The summed E-state index contributed by atoms with van der Waals surface area (Å²) in [5.41, 5.74) is 0.716. The molecule has 2 aliphatic heterocycles. The van der Waals surface area contributed by atoms with E-state index in [9.17, 15) is 24.3 Å². The van der Waals surface area contributed by atoms with Crippen LogP contribution in [-0.4, -0.2) is 97.5 Å². The van der Waals surface area contributed by atoms with Crippen molar-refractivity contribution >= 4 is 23.9 Å². The smallest absolute Gasteiger partial charge is 0.338 e. The Labute approximate surface area is 317 Å². The molecule has 2 fully saturated rings. The van der Waals surface area contributed by atoms with E-state index in [0.717, 1.165) is 0 Å². The van der Waals surface area contributed by atoms with Crippen LogP contribution in [0.5, 0.6) is 0 Å². The number of carbonyl (C=O) groups is 4. The van der Waals surface area contributed by atoms with Gasteiger partial charge in [-0.2, -0.15) is 0 Å². The molecule has 4 aromatic carbocycles. The first-order valence-electron chi connectivity index (χ1n) is 17.6. The van der Waals surface area contributed by atoms with Gasteiger partial charge < -0.3 is 43.0 Å². The molecule has 0 spiro atoms. The summed E-state index contributed by atoms with van der Waals surface area (Å²) in [6, 6.07) is 32.4. The van der Waals surface area contributed by atoms with E-state index in [1.165, 1.54) is 30.3 Å². The third-order valence-electron chi connectivity index (χ3n) is 8.81. The van der Waals surface area contributed by atoms with Gasteiger partial charge in [0.2, 0.25) is 0 Å². The number of carbonyl (C=O) groups excluding carboxylic acids is 4. The molecule has 13 nitrogen and oxygen atoms in total. The van der Waals surface area contributed by atoms with Crippen molar-refractivity contribution in [2.24, 2.45) is 0 Å². The summed E-state index contributed by atoms with van der Waals surface area (Å²) in [6.45, 7) is 4.92. The van der Waals surface area contributed by atoms with E-state index in [1.54, 1.807) is 104 Å². The van der Waals surface area contributed by atoms with Gasteiger partial charge in [-0.1, -0.05) is 78.9 Å². The lowest BCUT2D eigenvalue weighted by Crippen LogP contribution is -2.64. The molecule has 4 aromatic rings. The molecule has 0 amide bonds. The van der Waals surface area contributed by atoms with E-state index in [0.29, 0.717) is 0 Å². The van der Waals surface area contributed by atoms with E-state index in [4.69, 9.17) is 37.9 Å². The van der Waals surface area contributed by atoms with Gasteiger partial charge in [-0.3, -0.25) is 0 Å². The van der Waals surface area contributed by atoms with Crippen LogP contribution < -0.4 is 0 Å². The second kappa shape index (κ2) is 18.6. The lowest BCUT2D eigenvalue weighted by molar-refractivity contribution is -0.350. The van der Waals surface area contributed by atoms with Crippen molar-refractivity contribution in [3.05, 3.63) is 156 Å². The second-order valence-corrected chi connectivity index (χ2v) is 12.6. The molecule has 1 N–H and O–H groups in total. The summed E-state index contributed by atoms with van der Waals surface area (Å²) in [5.74, 6) is -3.20. The van der Waals surface area contributed by atoms with Crippen molar-refractivity contribution < 1.29 is 62.2 Å². The van der Waals surface area contributed by atoms with Crippen molar-refractivity contribution in [2.45, 2.75) is 62.2 Å². The molecule has 0 radical (unpaired) electrons. The van der Waals surface area contributed by atoms with E-state index >= 15 is 0 Å². The minimum Gasteiger partial charge on any atom is -0.453 e. The van der Waals surface area contributed by atoms with Crippen LogP contribution in [0.4, 0.5) is 0 Å². The molecule has 0 aliphatic carbocycles. The summed E-state index contributed by atoms with van der Waals surface area (Å²) < 4.78 is 48.3. The topological polar surface area (TPSA) is 162 Å². The van der Waals surface area contributed by atoms with Crippen LogP contribution in [-0.2, 0) is 37.9 Å².